The van der Waals surface area contributed by atoms with Crippen LogP contribution in [0.25, 0.3) is 5.32 Å². The SMILES string of the molecule is CCOC(=O)C(Cc1ccc(OC(=S)N2CC[N-]CC2)cc1)NC(=O)c1ccccc1Cl.[Ac]. The first-order chi connectivity index (χ1) is 15.5. The van der Waals surface area contributed by atoms with Crippen molar-refractivity contribution >= 4 is 40.9 Å². The number of ether oxygens (including phenoxy) is 2. The topological polar surface area (TPSA) is 82.0 Å². The molecule has 1 radical (unpaired) electrons. The second-order valence-corrected chi connectivity index (χ2v) is 7.89. The Morgan fingerprint density at radius 3 is 2.45 bits per heavy atom. The number of hydrogen-bond donors (Lipinski definition) is 1. The summed E-state index contributed by atoms with van der Waals surface area (Å²) in [6, 6.07) is 13.0. The normalized spacial score (nSPS) is 13.9. The number of hydrogen-bond acceptors (Lipinski definition) is 5. The van der Waals surface area contributed by atoms with Crippen LogP contribution in [0.3, 0.4) is 0 Å². The van der Waals surface area contributed by atoms with Gasteiger partial charge in [-0.2, -0.15) is 0 Å². The molecule has 1 N–H and O–H groups in total. The Hall–Kier alpha value is -1.24. The van der Waals surface area contributed by atoms with Gasteiger partial charge in [0.1, 0.15) is 11.8 Å². The molecule has 1 amide bonds. The average Bonchev–Trinajstić information content (AvgIpc) is 2.80. The molecule has 1 heterocycles. The van der Waals surface area contributed by atoms with Crippen molar-refractivity contribution in [1.82, 2.24) is 10.2 Å². The first-order valence-electron chi connectivity index (χ1n) is 10.4. The van der Waals surface area contributed by atoms with Gasteiger partial charge in [0.2, 0.25) is 0 Å². The summed E-state index contributed by atoms with van der Waals surface area (Å²) in [6.07, 6.45) is 0.257. The van der Waals surface area contributed by atoms with Crippen molar-refractivity contribution in [1.29, 1.82) is 0 Å². The van der Waals surface area contributed by atoms with Crippen LogP contribution >= 0.6 is 23.8 Å². The molecular formula is C23H25AcClN3O4S-. The van der Waals surface area contributed by atoms with Gasteiger partial charge in [0.25, 0.3) is 11.1 Å². The summed E-state index contributed by atoms with van der Waals surface area (Å²) in [5.74, 6) is -0.341. The van der Waals surface area contributed by atoms with Gasteiger partial charge in [0.15, 0.2) is 0 Å². The predicted octanol–water partition coefficient (Wildman–Crippen LogP) is 3.60. The zero-order chi connectivity index (χ0) is 22.9. The molecule has 1 aliphatic rings. The van der Waals surface area contributed by atoms with Gasteiger partial charge in [-0.25, -0.2) is 4.79 Å². The van der Waals surface area contributed by atoms with E-state index < -0.39 is 17.9 Å². The molecule has 2 aromatic carbocycles. The molecule has 33 heavy (non-hydrogen) atoms. The van der Waals surface area contributed by atoms with Crippen LogP contribution in [0, 0.1) is 44.1 Å². The van der Waals surface area contributed by atoms with Crippen LogP contribution in [0.15, 0.2) is 48.5 Å². The maximum Gasteiger partial charge on any atom is 0.328 e. The molecule has 2 aromatic rings. The second kappa shape index (κ2) is 14.2. The largest absolute Gasteiger partial charge is 0.659 e. The zero-order valence-electron chi connectivity index (χ0n) is 18.3. The minimum absolute atomic E-state index is 0. The van der Waals surface area contributed by atoms with Crippen molar-refractivity contribution in [3.05, 3.63) is 70.0 Å². The molecule has 1 aliphatic heterocycles. The predicted molar refractivity (Wildman–Crippen MR) is 127 cm³/mol. The molecule has 173 valence electrons. The van der Waals surface area contributed by atoms with Crippen LogP contribution in [0.2, 0.25) is 5.02 Å². The zero-order valence-corrected chi connectivity index (χ0v) is 24.6. The molecule has 0 bridgehead atoms. The Morgan fingerprint density at radius 1 is 1.15 bits per heavy atom. The number of rotatable bonds is 7. The Morgan fingerprint density at radius 2 is 1.82 bits per heavy atom. The van der Waals surface area contributed by atoms with Gasteiger partial charge < -0.3 is 25.0 Å². The first-order valence-corrected chi connectivity index (χ1v) is 11.2. The van der Waals surface area contributed by atoms with Crippen LogP contribution in [-0.4, -0.2) is 60.8 Å². The molecule has 1 unspecified atom stereocenters. The van der Waals surface area contributed by atoms with Gasteiger partial charge in [0, 0.05) is 63.6 Å². The summed E-state index contributed by atoms with van der Waals surface area (Å²) in [5, 5.41) is 7.76. The fourth-order valence-electron chi connectivity index (χ4n) is 3.20. The van der Waals surface area contributed by atoms with E-state index in [1.165, 1.54) is 0 Å². The van der Waals surface area contributed by atoms with E-state index >= 15 is 0 Å². The average molecular weight is 702 g/mol. The maximum atomic E-state index is 12.7. The van der Waals surface area contributed by atoms with E-state index in [-0.39, 0.29) is 57.1 Å². The minimum Gasteiger partial charge on any atom is -0.659 e. The third-order valence-electron chi connectivity index (χ3n) is 4.88. The molecule has 3 rings (SSSR count). The Kier molecular flexibility index (Phi) is 12.1. The Balaban J connectivity index is 0.00000385. The molecule has 1 saturated heterocycles. The maximum absolute atomic E-state index is 12.7. The number of carbonyl (C=O) groups excluding carboxylic acids is 2. The van der Waals surface area contributed by atoms with E-state index in [0.29, 0.717) is 21.5 Å². The van der Waals surface area contributed by atoms with Crippen LogP contribution in [0.1, 0.15) is 22.8 Å². The van der Waals surface area contributed by atoms with Crippen LogP contribution in [0.5, 0.6) is 5.75 Å². The summed E-state index contributed by atoms with van der Waals surface area (Å²) in [4.78, 5) is 27.1. The molecule has 0 aromatic heterocycles. The molecule has 1 atom stereocenters. The number of nitrogens with zero attached hydrogens (tertiary/aromatic N) is 2. The van der Waals surface area contributed by atoms with Gasteiger partial charge in [-0.1, -0.05) is 35.9 Å². The van der Waals surface area contributed by atoms with E-state index in [2.05, 4.69) is 10.6 Å². The van der Waals surface area contributed by atoms with Crippen molar-refractivity contribution in [3.8, 4) is 5.75 Å². The summed E-state index contributed by atoms with van der Waals surface area (Å²) in [6.45, 7) is 4.93. The summed E-state index contributed by atoms with van der Waals surface area (Å²) >= 11 is 11.5. The molecular weight excluding hydrogens is 677 g/mol. The molecule has 10 heteroatoms. The fraction of sp³-hybridized carbons (Fsp3) is 0.348. The van der Waals surface area contributed by atoms with Gasteiger partial charge in [0.05, 0.1) is 17.2 Å². The number of halogens is 1. The van der Waals surface area contributed by atoms with Crippen molar-refractivity contribution in [2.75, 3.05) is 32.8 Å². The number of esters is 1. The Bertz CT molecular complexity index is 955. The van der Waals surface area contributed by atoms with E-state index in [1.54, 1.807) is 43.3 Å². The van der Waals surface area contributed by atoms with Gasteiger partial charge in [-0.15, -0.1) is 13.1 Å². The van der Waals surface area contributed by atoms with Crippen LogP contribution < -0.4 is 10.1 Å². The van der Waals surface area contributed by atoms with Crippen molar-refractivity contribution in [2.45, 2.75) is 19.4 Å². The van der Waals surface area contributed by atoms with E-state index in [1.807, 2.05) is 17.0 Å². The van der Waals surface area contributed by atoms with Crippen molar-refractivity contribution in [2.24, 2.45) is 0 Å². The molecule has 7 nitrogen and oxygen atoms in total. The van der Waals surface area contributed by atoms with Gasteiger partial charge in [-0.05, 0) is 49.0 Å². The smallest absolute Gasteiger partial charge is 0.328 e. The molecule has 1 fully saturated rings. The minimum atomic E-state index is -0.858. The van der Waals surface area contributed by atoms with E-state index in [0.717, 1.165) is 31.7 Å². The van der Waals surface area contributed by atoms with Crippen LogP contribution in [-0.2, 0) is 16.0 Å². The number of piperazine rings is 1. The third-order valence-corrected chi connectivity index (χ3v) is 5.55. The number of nitrogens with one attached hydrogen (secondary N) is 1. The van der Waals surface area contributed by atoms with Gasteiger partial charge in [-0.3, -0.25) is 4.79 Å². The standard InChI is InChI=1S/C23H25ClN3O4S.Ac/c1-2-30-22(29)20(26-21(28)18-5-3-4-6-19(18)24)15-16-7-9-17(10-8-16)31-23(32)27-13-11-25-12-14-27;/h3-10,20H,2,11-15H2,1H3,(H,26,28);/q-1;. The first kappa shape index (κ1) is 28.0. The van der Waals surface area contributed by atoms with Crippen LogP contribution in [0.4, 0.5) is 0 Å². The number of carbonyl (C=O) groups is 2. The fourth-order valence-corrected chi connectivity index (χ4v) is 3.70. The quantitative estimate of drug-likeness (QED) is 0.351. The van der Waals surface area contributed by atoms with Crippen molar-refractivity contribution < 1.29 is 63.1 Å². The summed E-state index contributed by atoms with van der Waals surface area (Å²) < 4.78 is 10.9. The molecule has 0 saturated carbocycles. The third kappa shape index (κ3) is 8.49. The molecule has 0 aliphatic carbocycles. The van der Waals surface area contributed by atoms with E-state index in [4.69, 9.17) is 33.3 Å². The monoisotopic (exact) mass is 701 g/mol. The number of amides is 1. The van der Waals surface area contributed by atoms with Gasteiger partial charge >= 0.3 is 5.97 Å². The summed E-state index contributed by atoms with van der Waals surface area (Å²) in [5.41, 5.74) is 1.13. The van der Waals surface area contributed by atoms with Crippen molar-refractivity contribution in [3.63, 3.8) is 0 Å². The Labute approximate surface area is 240 Å². The second-order valence-electron chi connectivity index (χ2n) is 7.13. The summed E-state index contributed by atoms with van der Waals surface area (Å²) in [7, 11) is 0. The molecule has 0 spiro atoms. The number of thiocarbonyl (C=S) groups is 1. The van der Waals surface area contributed by atoms with E-state index in [9.17, 15) is 9.59 Å². The number of benzene rings is 2.